The third kappa shape index (κ3) is 3.45. The number of carbonyl (C=O) groups is 3. The molecule has 1 saturated heterocycles. The van der Waals surface area contributed by atoms with Crippen LogP contribution in [-0.2, 0) is 9.53 Å². The number of aromatic nitrogens is 1. The standard InChI is InChI=1S/C12H14N4O5/c13-10(17)9-6-21-4-3-16(9)12(20)15-7-1-2-8(11(18)19)14-5-7/h1-2,5,9H,3-4,6H2,(H2,13,17)(H,15,20)(H,18,19). The van der Waals surface area contributed by atoms with Gasteiger partial charge in [0.25, 0.3) is 0 Å². The molecule has 9 nitrogen and oxygen atoms in total. The van der Waals surface area contributed by atoms with Gasteiger partial charge in [0.05, 0.1) is 25.1 Å². The molecule has 1 unspecified atom stereocenters. The fourth-order valence-electron chi connectivity index (χ4n) is 1.87. The van der Waals surface area contributed by atoms with Crippen LogP contribution in [0.3, 0.4) is 0 Å². The number of aromatic carboxylic acids is 1. The van der Waals surface area contributed by atoms with E-state index in [4.69, 9.17) is 15.6 Å². The first-order chi connectivity index (χ1) is 9.99. The summed E-state index contributed by atoms with van der Waals surface area (Å²) in [5.74, 6) is -1.81. The van der Waals surface area contributed by atoms with Crippen molar-refractivity contribution in [1.82, 2.24) is 9.88 Å². The van der Waals surface area contributed by atoms with Crippen molar-refractivity contribution in [2.45, 2.75) is 6.04 Å². The lowest BCUT2D eigenvalue weighted by Gasteiger charge is -2.33. The normalized spacial score (nSPS) is 18.1. The minimum absolute atomic E-state index is 0.0545. The molecule has 1 aromatic heterocycles. The molecular weight excluding hydrogens is 280 g/mol. The molecule has 1 fully saturated rings. The van der Waals surface area contributed by atoms with E-state index in [9.17, 15) is 14.4 Å². The first-order valence-electron chi connectivity index (χ1n) is 6.13. The third-order valence-electron chi connectivity index (χ3n) is 2.95. The number of morpholine rings is 1. The molecule has 1 aliphatic rings. The lowest BCUT2D eigenvalue weighted by Crippen LogP contribution is -2.55. The van der Waals surface area contributed by atoms with E-state index < -0.39 is 23.9 Å². The van der Waals surface area contributed by atoms with Gasteiger partial charge in [-0.1, -0.05) is 0 Å². The average molecular weight is 294 g/mol. The van der Waals surface area contributed by atoms with Crippen LogP contribution in [0.1, 0.15) is 10.5 Å². The quantitative estimate of drug-likeness (QED) is 0.687. The summed E-state index contributed by atoms with van der Waals surface area (Å²) in [5, 5.41) is 11.3. The molecule has 0 aromatic carbocycles. The molecule has 4 N–H and O–H groups in total. The largest absolute Gasteiger partial charge is 0.477 e. The number of nitrogens with one attached hydrogen (secondary N) is 1. The number of hydrogen-bond acceptors (Lipinski definition) is 5. The summed E-state index contributed by atoms with van der Waals surface area (Å²) in [4.78, 5) is 39.0. The van der Waals surface area contributed by atoms with E-state index in [0.717, 1.165) is 0 Å². The van der Waals surface area contributed by atoms with Gasteiger partial charge in [0, 0.05) is 6.54 Å². The van der Waals surface area contributed by atoms with E-state index in [1.807, 2.05) is 0 Å². The first kappa shape index (κ1) is 14.7. The molecule has 1 aromatic rings. The van der Waals surface area contributed by atoms with Crippen LogP contribution in [0.15, 0.2) is 18.3 Å². The van der Waals surface area contributed by atoms with Gasteiger partial charge in [0.15, 0.2) is 0 Å². The summed E-state index contributed by atoms with van der Waals surface area (Å²) in [7, 11) is 0. The Balaban J connectivity index is 2.05. The Hall–Kier alpha value is -2.68. The minimum atomic E-state index is -1.16. The Morgan fingerprint density at radius 1 is 1.43 bits per heavy atom. The van der Waals surface area contributed by atoms with Crippen LogP contribution in [0.5, 0.6) is 0 Å². The molecule has 0 saturated carbocycles. The zero-order valence-corrected chi connectivity index (χ0v) is 11.0. The SMILES string of the molecule is NC(=O)C1COCCN1C(=O)Nc1ccc(C(=O)O)nc1. The molecule has 3 amide bonds. The molecule has 2 heterocycles. The number of nitrogens with two attached hydrogens (primary N) is 1. The fourth-order valence-corrected chi connectivity index (χ4v) is 1.87. The van der Waals surface area contributed by atoms with Crippen LogP contribution in [0.25, 0.3) is 0 Å². The zero-order valence-electron chi connectivity index (χ0n) is 11.0. The molecule has 2 rings (SSSR count). The minimum Gasteiger partial charge on any atom is -0.477 e. The lowest BCUT2D eigenvalue weighted by atomic mass is 10.2. The van der Waals surface area contributed by atoms with E-state index >= 15 is 0 Å². The zero-order chi connectivity index (χ0) is 15.4. The molecule has 0 bridgehead atoms. The van der Waals surface area contributed by atoms with E-state index in [-0.39, 0.29) is 18.8 Å². The van der Waals surface area contributed by atoms with Crippen LogP contribution in [-0.4, -0.2) is 58.7 Å². The number of primary amides is 1. The Kier molecular flexibility index (Phi) is 4.33. The molecule has 1 atom stereocenters. The van der Waals surface area contributed by atoms with Gasteiger partial charge in [-0.25, -0.2) is 14.6 Å². The number of urea groups is 1. The first-order valence-corrected chi connectivity index (χ1v) is 6.13. The third-order valence-corrected chi connectivity index (χ3v) is 2.95. The van der Waals surface area contributed by atoms with Gasteiger partial charge in [-0.05, 0) is 12.1 Å². The number of pyridine rings is 1. The van der Waals surface area contributed by atoms with Crippen molar-refractivity contribution in [1.29, 1.82) is 0 Å². The van der Waals surface area contributed by atoms with Gasteiger partial charge in [0.2, 0.25) is 5.91 Å². The lowest BCUT2D eigenvalue weighted by molar-refractivity contribution is -0.126. The molecular formula is C12H14N4O5. The van der Waals surface area contributed by atoms with E-state index in [0.29, 0.717) is 12.3 Å². The molecule has 1 aliphatic heterocycles. The van der Waals surface area contributed by atoms with Crippen LogP contribution in [0, 0.1) is 0 Å². The summed E-state index contributed by atoms with van der Waals surface area (Å²) in [6.07, 6.45) is 1.22. The second-order valence-corrected chi connectivity index (χ2v) is 4.35. The average Bonchev–Trinajstić information content (AvgIpc) is 2.47. The van der Waals surface area contributed by atoms with Crippen molar-refractivity contribution in [2.75, 3.05) is 25.1 Å². The summed E-state index contributed by atoms with van der Waals surface area (Å²) >= 11 is 0. The van der Waals surface area contributed by atoms with Gasteiger partial charge < -0.3 is 25.8 Å². The Morgan fingerprint density at radius 3 is 2.76 bits per heavy atom. The van der Waals surface area contributed by atoms with E-state index in [1.54, 1.807) is 0 Å². The van der Waals surface area contributed by atoms with Gasteiger partial charge in [-0.15, -0.1) is 0 Å². The van der Waals surface area contributed by atoms with Crippen LogP contribution in [0.4, 0.5) is 10.5 Å². The number of nitrogens with zero attached hydrogens (tertiary/aromatic N) is 2. The van der Waals surface area contributed by atoms with Gasteiger partial charge in [0.1, 0.15) is 11.7 Å². The maximum Gasteiger partial charge on any atom is 0.354 e. The van der Waals surface area contributed by atoms with Crippen molar-refractivity contribution in [2.24, 2.45) is 5.73 Å². The molecule has 0 spiro atoms. The van der Waals surface area contributed by atoms with Crippen LogP contribution >= 0.6 is 0 Å². The second-order valence-electron chi connectivity index (χ2n) is 4.35. The van der Waals surface area contributed by atoms with Gasteiger partial charge in [-0.2, -0.15) is 0 Å². The highest BCUT2D eigenvalue weighted by molar-refractivity contribution is 5.94. The summed E-state index contributed by atoms with van der Waals surface area (Å²) < 4.78 is 5.12. The summed E-state index contributed by atoms with van der Waals surface area (Å²) in [6.45, 7) is 0.604. The van der Waals surface area contributed by atoms with Crippen molar-refractivity contribution >= 4 is 23.6 Å². The molecule has 9 heteroatoms. The maximum atomic E-state index is 12.1. The number of carboxylic acids is 1. The summed E-state index contributed by atoms with van der Waals surface area (Å²) in [6, 6.07) is 1.33. The van der Waals surface area contributed by atoms with Crippen molar-refractivity contribution in [3.05, 3.63) is 24.0 Å². The number of ether oxygens (including phenoxy) is 1. The van der Waals surface area contributed by atoms with Crippen LogP contribution < -0.4 is 11.1 Å². The molecule has 0 aliphatic carbocycles. The number of hydrogen-bond donors (Lipinski definition) is 3. The van der Waals surface area contributed by atoms with Crippen molar-refractivity contribution in [3.63, 3.8) is 0 Å². The monoisotopic (exact) mass is 294 g/mol. The predicted octanol–water partition coefficient (Wildman–Crippen LogP) is -0.502. The topological polar surface area (TPSA) is 135 Å². The highest BCUT2D eigenvalue weighted by atomic mass is 16.5. The Labute approximate surface area is 119 Å². The fraction of sp³-hybridized carbons (Fsp3) is 0.333. The van der Waals surface area contributed by atoms with Crippen molar-refractivity contribution in [3.8, 4) is 0 Å². The van der Waals surface area contributed by atoms with E-state index in [2.05, 4.69) is 10.3 Å². The van der Waals surface area contributed by atoms with Gasteiger partial charge in [-0.3, -0.25) is 4.79 Å². The second kappa shape index (κ2) is 6.18. The van der Waals surface area contributed by atoms with Gasteiger partial charge >= 0.3 is 12.0 Å². The smallest absolute Gasteiger partial charge is 0.354 e. The molecule has 112 valence electrons. The molecule has 0 radical (unpaired) electrons. The number of rotatable bonds is 3. The number of carboxylic acid groups (broad SMARTS) is 1. The molecule has 21 heavy (non-hydrogen) atoms. The Bertz CT molecular complexity index is 559. The van der Waals surface area contributed by atoms with Crippen LogP contribution in [0.2, 0.25) is 0 Å². The number of amides is 3. The highest BCUT2D eigenvalue weighted by Gasteiger charge is 2.31. The highest BCUT2D eigenvalue weighted by Crippen LogP contribution is 2.11. The predicted molar refractivity (Wildman–Crippen MR) is 70.7 cm³/mol. The number of carbonyl (C=O) groups excluding carboxylic acids is 2. The summed E-state index contributed by atoms with van der Waals surface area (Å²) in [5.41, 5.74) is 5.41. The Morgan fingerprint density at radius 2 is 2.19 bits per heavy atom. The van der Waals surface area contributed by atoms with E-state index in [1.165, 1.54) is 23.2 Å². The number of anilines is 1. The maximum absolute atomic E-state index is 12.1. The van der Waals surface area contributed by atoms with Crippen molar-refractivity contribution < 1.29 is 24.2 Å².